The lowest BCUT2D eigenvalue weighted by Gasteiger charge is -2.22. The molecule has 1 aliphatic heterocycles. The number of hydrogen-bond acceptors (Lipinski definition) is 4. The summed E-state index contributed by atoms with van der Waals surface area (Å²) in [6.45, 7) is 5.44. The van der Waals surface area contributed by atoms with Crippen molar-refractivity contribution in [3.05, 3.63) is 18.3 Å². The molecule has 94 valence electrons. The zero-order chi connectivity index (χ0) is 11.9. The maximum absolute atomic E-state index is 5.80. The first-order valence-electron chi connectivity index (χ1n) is 6.29. The van der Waals surface area contributed by atoms with Crippen molar-refractivity contribution in [1.82, 2.24) is 4.98 Å². The molecule has 4 heteroatoms. The van der Waals surface area contributed by atoms with Crippen LogP contribution in [-0.4, -0.2) is 31.3 Å². The molecule has 0 radical (unpaired) electrons. The highest BCUT2D eigenvalue weighted by atomic mass is 16.5. The lowest BCUT2D eigenvalue weighted by molar-refractivity contribution is 0.0497. The van der Waals surface area contributed by atoms with E-state index in [-0.39, 0.29) is 0 Å². The number of hydrogen-bond donors (Lipinski definition) is 1. The van der Waals surface area contributed by atoms with Crippen molar-refractivity contribution in [1.29, 1.82) is 0 Å². The maximum Gasteiger partial charge on any atom is 0.129 e. The molecule has 0 bridgehead atoms. The smallest absolute Gasteiger partial charge is 0.129 e. The quantitative estimate of drug-likeness (QED) is 0.852. The Morgan fingerprint density at radius 2 is 2.29 bits per heavy atom. The van der Waals surface area contributed by atoms with Crippen molar-refractivity contribution < 1.29 is 9.47 Å². The van der Waals surface area contributed by atoms with Gasteiger partial charge in [-0.05, 0) is 31.7 Å². The molecule has 0 aliphatic carbocycles. The van der Waals surface area contributed by atoms with Gasteiger partial charge in [0.05, 0.1) is 6.61 Å². The van der Waals surface area contributed by atoms with E-state index in [0.717, 1.165) is 50.8 Å². The van der Waals surface area contributed by atoms with Gasteiger partial charge in [-0.2, -0.15) is 0 Å². The summed E-state index contributed by atoms with van der Waals surface area (Å²) in [7, 11) is 0. The Balaban J connectivity index is 1.83. The van der Waals surface area contributed by atoms with E-state index in [1.165, 1.54) is 0 Å². The number of ether oxygens (including phenoxy) is 2. The minimum Gasteiger partial charge on any atom is -0.493 e. The summed E-state index contributed by atoms with van der Waals surface area (Å²) in [5, 5.41) is 3.17. The van der Waals surface area contributed by atoms with Crippen LogP contribution in [0.25, 0.3) is 0 Å². The molecule has 1 aromatic rings. The van der Waals surface area contributed by atoms with Crippen molar-refractivity contribution in [2.45, 2.75) is 19.8 Å². The Bertz CT molecular complexity index is 338. The first-order chi connectivity index (χ1) is 8.38. The summed E-state index contributed by atoms with van der Waals surface area (Å²) >= 11 is 0. The average Bonchev–Trinajstić information content (AvgIpc) is 2.39. The van der Waals surface area contributed by atoms with Crippen molar-refractivity contribution in [3.63, 3.8) is 0 Å². The summed E-state index contributed by atoms with van der Waals surface area (Å²) in [5.74, 6) is 2.39. The zero-order valence-corrected chi connectivity index (χ0v) is 10.3. The molecule has 4 nitrogen and oxygen atoms in total. The Morgan fingerprint density at radius 3 is 3.06 bits per heavy atom. The summed E-state index contributed by atoms with van der Waals surface area (Å²) in [6, 6.07) is 3.85. The standard InChI is InChI=1S/C13H20N2O2/c1-2-14-13-9-12(3-6-15-13)17-10-11-4-7-16-8-5-11/h3,6,9,11H,2,4-5,7-8,10H2,1H3,(H,14,15). The second-order valence-electron chi connectivity index (χ2n) is 4.27. The number of nitrogens with zero attached hydrogens (tertiary/aromatic N) is 1. The molecular formula is C13H20N2O2. The van der Waals surface area contributed by atoms with Gasteiger partial charge in [0.15, 0.2) is 0 Å². The largest absolute Gasteiger partial charge is 0.493 e. The SMILES string of the molecule is CCNc1cc(OCC2CCOCC2)ccn1. The molecule has 0 atom stereocenters. The van der Waals surface area contributed by atoms with Gasteiger partial charge in [0, 0.05) is 32.0 Å². The normalized spacial score (nSPS) is 16.8. The fraction of sp³-hybridized carbons (Fsp3) is 0.615. The van der Waals surface area contributed by atoms with Crippen molar-refractivity contribution >= 4 is 5.82 Å². The van der Waals surface area contributed by atoms with Crippen LogP contribution in [0.5, 0.6) is 5.75 Å². The van der Waals surface area contributed by atoms with Gasteiger partial charge in [0.2, 0.25) is 0 Å². The summed E-state index contributed by atoms with van der Waals surface area (Å²) in [5.41, 5.74) is 0. The zero-order valence-electron chi connectivity index (χ0n) is 10.3. The summed E-state index contributed by atoms with van der Waals surface area (Å²) in [4.78, 5) is 4.21. The second-order valence-corrected chi connectivity index (χ2v) is 4.27. The molecule has 0 aromatic carbocycles. The van der Waals surface area contributed by atoms with Crippen LogP contribution in [0.1, 0.15) is 19.8 Å². The number of nitrogens with one attached hydrogen (secondary N) is 1. The Labute approximate surface area is 102 Å². The van der Waals surface area contributed by atoms with Gasteiger partial charge >= 0.3 is 0 Å². The number of aromatic nitrogens is 1. The highest BCUT2D eigenvalue weighted by Crippen LogP contribution is 2.19. The molecular weight excluding hydrogens is 216 g/mol. The van der Waals surface area contributed by atoms with Crippen molar-refractivity contribution in [3.8, 4) is 5.75 Å². The Hall–Kier alpha value is -1.29. The number of rotatable bonds is 5. The molecule has 2 heterocycles. The van der Waals surface area contributed by atoms with Crippen LogP contribution in [0.2, 0.25) is 0 Å². The van der Waals surface area contributed by atoms with E-state index in [1.807, 2.05) is 12.1 Å². The van der Waals surface area contributed by atoms with E-state index >= 15 is 0 Å². The fourth-order valence-electron chi connectivity index (χ4n) is 1.91. The Morgan fingerprint density at radius 1 is 1.47 bits per heavy atom. The fourth-order valence-corrected chi connectivity index (χ4v) is 1.91. The lowest BCUT2D eigenvalue weighted by atomic mass is 10.0. The van der Waals surface area contributed by atoms with E-state index in [4.69, 9.17) is 9.47 Å². The third-order valence-electron chi connectivity index (χ3n) is 2.92. The van der Waals surface area contributed by atoms with E-state index in [9.17, 15) is 0 Å². The van der Waals surface area contributed by atoms with Gasteiger partial charge in [0.1, 0.15) is 11.6 Å². The average molecular weight is 236 g/mol. The van der Waals surface area contributed by atoms with Gasteiger partial charge < -0.3 is 14.8 Å². The van der Waals surface area contributed by atoms with E-state index < -0.39 is 0 Å². The van der Waals surface area contributed by atoms with Crippen LogP contribution in [-0.2, 0) is 4.74 Å². The van der Waals surface area contributed by atoms with Gasteiger partial charge in [-0.15, -0.1) is 0 Å². The molecule has 1 N–H and O–H groups in total. The molecule has 0 unspecified atom stereocenters. The van der Waals surface area contributed by atoms with Crippen molar-refractivity contribution in [2.24, 2.45) is 5.92 Å². The summed E-state index contributed by atoms with van der Waals surface area (Å²) < 4.78 is 11.1. The van der Waals surface area contributed by atoms with E-state index in [1.54, 1.807) is 6.20 Å². The minimum atomic E-state index is 0.625. The molecule has 0 spiro atoms. The molecule has 1 aliphatic rings. The molecule has 1 aromatic heterocycles. The van der Waals surface area contributed by atoms with Gasteiger partial charge in [0.25, 0.3) is 0 Å². The van der Waals surface area contributed by atoms with Crippen LogP contribution in [0.4, 0.5) is 5.82 Å². The maximum atomic E-state index is 5.80. The van der Waals surface area contributed by atoms with E-state index in [0.29, 0.717) is 5.92 Å². The third-order valence-corrected chi connectivity index (χ3v) is 2.92. The molecule has 0 saturated carbocycles. The van der Waals surface area contributed by atoms with Gasteiger partial charge in [-0.1, -0.05) is 0 Å². The number of pyridine rings is 1. The van der Waals surface area contributed by atoms with Gasteiger partial charge in [-0.3, -0.25) is 0 Å². The van der Waals surface area contributed by atoms with Crippen LogP contribution >= 0.6 is 0 Å². The molecule has 1 saturated heterocycles. The summed E-state index contributed by atoms with van der Waals surface area (Å²) in [6.07, 6.45) is 3.98. The highest BCUT2D eigenvalue weighted by Gasteiger charge is 2.14. The minimum absolute atomic E-state index is 0.625. The topological polar surface area (TPSA) is 43.4 Å². The first kappa shape index (κ1) is 12.2. The molecule has 2 rings (SSSR count). The number of anilines is 1. The molecule has 1 fully saturated rings. The van der Waals surface area contributed by atoms with Crippen molar-refractivity contribution in [2.75, 3.05) is 31.7 Å². The molecule has 17 heavy (non-hydrogen) atoms. The van der Waals surface area contributed by atoms with Crippen LogP contribution in [0.3, 0.4) is 0 Å². The first-order valence-corrected chi connectivity index (χ1v) is 6.29. The lowest BCUT2D eigenvalue weighted by Crippen LogP contribution is -2.21. The van der Waals surface area contributed by atoms with Crippen LogP contribution in [0, 0.1) is 5.92 Å². The third kappa shape index (κ3) is 3.89. The Kier molecular flexibility index (Phi) is 4.62. The predicted octanol–water partition coefficient (Wildman–Crippen LogP) is 2.32. The molecule has 0 amide bonds. The predicted molar refractivity (Wildman–Crippen MR) is 67.4 cm³/mol. The second kappa shape index (κ2) is 6.45. The van der Waals surface area contributed by atoms with Crippen LogP contribution in [0.15, 0.2) is 18.3 Å². The highest BCUT2D eigenvalue weighted by molar-refractivity contribution is 5.40. The van der Waals surface area contributed by atoms with Crippen LogP contribution < -0.4 is 10.1 Å². The van der Waals surface area contributed by atoms with Gasteiger partial charge in [-0.25, -0.2) is 4.98 Å². The monoisotopic (exact) mass is 236 g/mol. The van der Waals surface area contributed by atoms with E-state index in [2.05, 4.69) is 17.2 Å².